The van der Waals surface area contributed by atoms with E-state index >= 15 is 0 Å². The van der Waals surface area contributed by atoms with Crippen molar-refractivity contribution >= 4 is 40.8 Å². The van der Waals surface area contributed by atoms with E-state index < -0.39 is 0 Å². The number of nitrogens with zero attached hydrogens (tertiary/aromatic N) is 1. The van der Waals surface area contributed by atoms with Crippen LogP contribution in [0.4, 0.5) is 11.4 Å². The molecule has 158 valence electrons. The monoisotopic (exact) mass is 434 g/mol. The number of thiocarbonyl (C=S) groups is 1. The van der Waals surface area contributed by atoms with E-state index in [1.807, 2.05) is 54.6 Å². The van der Waals surface area contributed by atoms with Crippen LogP contribution in [0.1, 0.15) is 5.56 Å². The topological polar surface area (TPSA) is 84.0 Å². The fraction of sp³-hybridized carbons (Fsp3) is 0.0870. The first-order chi connectivity index (χ1) is 15.1. The molecule has 0 radical (unpaired) electrons. The van der Waals surface area contributed by atoms with Crippen LogP contribution in [0.3, 0.4) is 0 Å². The SMILES string of the molecule is COc1ccccc1NC(=O)COc1ccc(/C=N\NC(=S)Nc2ccccc2)cc1. The molecule has 0 aromatic heterocycles. The number of carbonyl (C=O) groups is 1. The molecule has 0 atom stereocenters. The third-order valence-corrected chi connectivity index (χ3v) is 4.24. The van der Waals surface area contributed by atoms with E-state index in [1.165, 1.54) is 0 Å². The van der Waals surface area contributed by atoms with Crippen molar-refractivity contribution in [2.24, 2.45) is 5.10 Å². The second-order valence-electron chi connectivity index (χ2n) is 6.30. The van der Waals surface area contributed by atoms with E-state index in [1.54, 1.807) is 37.6 Å². The first-order valence-corrected chi connectivity index (χ1v) is 9.86. The Balaban J connectivity index is 1.43. The van der Waals surface area contributed by atoms with Crippen molar-refractivity contribution in [3.8, 4) is 11.5 Å². The summed E-state index contributed by atoms with van der Waals surface area (Å²) in [7, 11) is 1.55. The zero-order valence-electron chi connectivity index (χ0n) is 16.9. The van der Waals surface area contributed by atoms with Crippen molar-refractivity contribution in [1.29, 1.82) is 0 Å². The molecule has 0 saturated carbocycles. The Morgan fingerprint density at radius 2 is 1.68 bits per heavy atom. The molecule has 1 amide bonds. The molecule has 3 rings (SSSR count). The summed E-state index contributed by atoms with van der Waals surface area (Å²) in [6, 6.07) is 23.9. The van der Waals surface area contributed by atoms with Gasteiger partial charge in [-0.1, -0.05) is 30.3 Å². The van der Waals surface area contributed by atoms with Crippen LogP contribution in [-0.4, -0.2) is 31.0 Å². The largest absolute Gasteiger partial charge is 0.495 e. The molecule has 0 bridgehead atoms. The van der Waals surface area contributed by atoms with Gasteiger partial charge in [0.05, 0.1) is 19.0 Å². The molecule has 0 aliphatic carbocycles. The molecule has 3 aromatic rings. The summed E-state index contributed by atoms with van der Waals surface area (Å²) < 4.78 is 10.7. The molecule has 0 aliphatic heterocycles. The highest BCUT2D eigenvalue weighted by atomic mass is 32.1. The van der Waals surface area contributed by atoms with Gasteiger partial charge in [0.25, 0.3) is 5.91 Å². The number of hydrogen-bond acceptors (Lipinski definition) is 5. The van der Waals surface area contributed by atoms with Gasteiger partial charge in [0.2, 0.25) is 0 Å². The smallest absolute Gasteiger partial charge is 0.262 e. The van der Waals surface area contributed by atoms with Gasteiger partial charge in [-0.05, 0) is 66.3 Å². The summed E-state index contributed by atoms with van der Waals surface area (Å²) >= 11 is 5.19. The van der Waals surface area contributed by atoms with Crippen LogP contribution >= 0.6 is 12.2 Å². The van der Waals surface area contributed by atoms with Crippen LogP contribution in [0.25, 0.3) is 0 Å². The molecular formula is C23H22N4O3S. The van der Waals surface area contributed by atoms with Gasteiger partial charge in [0.15, 0.2) is 11.7 Å². The molecule has 0 unspecified atom stereocenters. The number of carbonyl (C=O) groups excluding carboxylic acids is 1. The molecule has 0 spiro atoms. The van der Waals surface area contributed by atoms with E-state index in [0.29, 0.717) is 22.3 Å². The molecule has 31 heavy (non-hydrogen) atoms. The fourth-order valence-electron chi connectivity index (χ4n) is 2.58. The number of ether oxygens (including phenoxy) is 2. The van der Waals surface area contributed by atoms with Crippen LogP contribution in [0.5, 0.6) is 11.5 Å². The van der Waals surface area contributed by atoms with Crippen LogP contribution in [0.2, 0.25) is 0 Å². The number of methoxy groups -OCH3 is 1. The number of amides is 1. The minimum atomic E-state index is -0.279. The van der Waals surface area contributed by atoms with Gasteiger partial charge in [-0.2, -0.15) is 5.10 Å². The quantitative estimate of drug-likeness (QED) is 0.282. The van der Waals surface area contributed by atoms with Gasteiger partial charge in [-0.3, -0.25) is 10.2 Å². The number of rotatable bonds is 8. The molecule has 8 heteroatoms. The van der Waals surface area contributed by atoms with Crippen molar-refractivity contribution in [2.45, 2.75) is 0 Å². The van der Waals surface area contributed by atoms with Crippen LogP contribution < -0.4 is 25.5 Å². The Labute approximate surface area is 186 Å². The normalized spacial score (nSPS) is 10.4. The average Bonchev–Trinajstić information content (AvgIpc) is 2.79. The third-order valence-electron chi connectivity index (χ3n) is 4.04. The number of hydrazone groups is 1. The lowest BCUT2D eigenvalue weighted by Gasteiger charge is -2.10. The van der Waals surface area contributed by atoms with Gasteiger partial charge in [0, 0.05) is 5.69 Å². The molecule has 0 saturated heterocycles. The maximum absolute atomic E-state index is 12.1. The van der Waals surface area contributed by atoms with Gasteiger partial charge in [-0.25, -0.2) is 0 Å². The van der Waals surface area contributed by atoms with Gasteiger partial charge in [0.1, 0.15) is 11.5 Å². The summed E-state index contributed by atoms with van der Waals surface area (Å²) in [6.07, 6.45) is 1.64. The number of nitrogens with one attached hydrogen (secondary N) is 3. The summed E-state index contributed by atoms with van der Waals surface area (Å²) in [5.74, 6) is 0.881. The lowest BCUT2D eigenvalue weighted by molar-refractivity contribution is -0.118. The summed E-state index contributed by atoms with van der Waals surface area (Å²) in [5.41, 5.74) is 5.09. The Hall–Kier alpha value is -3.91. The number of para-hydroxylation sites is 3. The minimum absolute atomic E-state index is 0.119. The number of anilines is 2. The zero-order valence-corrected chi connectivity index (χ0v) is 17.7. The summed E-state index contributed by atoms with van der Waals surface area (Å²) in [4.78, 5) is 12.1. The highest BCUT2D eigenvalue weighted by Crippen LogP contribution is 2.22. The number of hydrogen-bond donors (Lipinski definition) is 3. The fourth-order valence-corrected chi connectivity index (χ4v) is 2.75. The van der Waals surface area contributed by atoms with E-state index in [9.17, 15) is 4.79 Å². The molecule has 0 heterocycles. The predicted octanol–water partition coefficient (Wildman–Crippen LogP) is 4.03. The first-order valence-electron chi connectivity index (χ1n) is 9.45. The standard InChI is InChI=1S/C23H22N4O3S/c1-29-21-10-6-5-9-20(21)26-22(28)16-30-19-13-11-17(12-14-19)15-24-27-23(31)25-18-7-3-2-4-8-18/h2-15H,16H2,1H3,(H,26,28)(H2,25,27,31)/b24-15-. The second-order valence-corrected chi connectivity index (χ2v) is 6.70. The van der Waals surface area contributed by atoms with Crippen LogP contribution in [0, 0.1) is 0 Å². The molecule has 3 aromatic carbocycles. The van der Waals surface area contributed by atoms with Gasteiger partial charge in [-0.15, -0.1) is 0 Å². The minimum Gasteiger partial charge on any atom is -0.495 e. The summed E-state index contributed by atoms with van der Waals surface area (Å²) in [5, 5.41) is 10.3. The maximum Gasteiger partial charge on any atom is 0.262 e. The van der Waals surface area contributed by atoms with Crippen molar-refractivity contribution in [3.63, 3.8) is 0 Å². The molecular weight excluding hydrogens is 412 g/mol. The van der Waals surface area contributed by atoms with Gasteiger partial charge >= 0.3 is 0 Å². The van der Waals surface area contributed by atoms with E-state index in [2.05, 4.69) is 21.2 Å². The van der Waals surface area contributed by atoms with Crippen molar-refractivity contribution in [1.82, 2.24) is 5.43 Å². The maximum atomic E-state index is 12.1. The lowest BCUT2D eigenvalue weighted by atomic mass is 10.2. The average molecular weight is 435 g/mol. The Morgan fingerprint density at radius 1 is 0.968 bits per heavy atom. The van der Waals surface area contributed by atoms with Crippen molar-refractivity contribution in [3.05, 3.63) is 84.4 Å². The van der Waals surface area contributed by atoms with Crippen LogP contribution in [-0.2, 0) is 4.79 Å². The van der Waals surface area contributed by atoms with Crippen LogP contribution in [0.15, 0.2) is 84.0 Å². The van der Waals surface area contributed by atoms with E-state index in [4.69, 9.17) is 21.7 Å². The van der Waals surface area contributed by atoms with Crippen molar-refractivity contribution < 1.29 is 14.3 Å². The first kappa shape index (κ1) is 21.8. The predicted molar refractivity (Wildman–Crippen MR) is 127 cm³/mol. The van der Waals surface area contributed by atoms with Crippen molar-refractivity contribution in [2.75, 3.05) is 24.4 Å². The molecule has 0 aliphatic rings. The highest BCUT2D eigenvalue weighted by Gasteiger charge is 2.07. The number of benzene rings is 3. The molecule has 0 fully saturated rings. The Morgan fingerprint density at radius 3 is 2.42 bits per heavy atom. The zero-order chi connectivity index (χ0) is 21.9. The molecule has 7 nitrogen and oxygen atoms in total. The lowest BCUT2D eigenvalue weighted by Crippen LogP contribution is -2.23. The van der Waals surface area contributed by atoms with E-state index in [-0.39, 0.29) is 12.5 Å². The van der Waals surface area contributed by atoms with Gasteiger partial charge < -0.3 is 20.1 Å². The highest BCUT2D eigenvalue weighted by molar-refractivity contribution is 7.80. The van der Waals surface area contributed by atoms with E-state index in [0.717, 1.165) is 11.3 Å². The third kappa shape index (κ3) is 7.13. The summed E-state index contributed by atoms with van der Waals surface area (Å²) in [6.45, 7) is -0.119. The Bertz CT molecular complexity index is 1040. The molecule has 3 N–H and O–H groups in total. The Kier molecular flexibility index (Phi) is 7.96. The second kappa shape index (κ2) is 11.3.